The van der Waals surface area contributed by atoms with Crippen LogP contribution in [0.25, 0.3) is 0 Å². The van der Waals surface area contributed by atoms with Gasteiger partial charge in [0.05, 0.1) is 0 Å². The van der Waals surface area contributed by atoms with Gasteiger partial charge in [-0.1, -0.05) is 0 Å². The molecule has 2 fully saturated rings. The van der Waals surface area contributed by atoms with E-state index in [-0.39, 0.29) is 0 Å². The second-order valence-corrected chi connectivity index (χ2v) is 6.58. The lowest BCUT2D eigenvalue weighted by atomic mass is 10.1. The molecule has 2 heterocycles. The average molecular weight is 260 g/mol. The highest BCUT2D eigenvalue weighted by atomic mass is 35.5. The summed E-state index contributed by atoms with van der Waals surface area (Å²) in [5.41, 5.74) is 0. The van der Waals surface area contributed by atoms with Crippen LogP contribution in [0.15, 0.2) is 0 Å². The standard InChI is InChI=1S/C10H14ClN3OS/c11-10-13-12-9(7-1-2-7)14(10)8-3-5-16(15)6-4-8/h7-8H,1-6H2. The minimum Gasteiger partial charge on any atom is -0.298 e. The van der Waals surface area contributed by atoms with Crippen molar-refractivity contribution in [3.63, 3.8) is 0 Å². The molecule has 0 unspecified atom stereocenters. The Morgan fingerprint density at radius 1 is 1.19 bits per heavy atom. The quantitative estimate of drug-likeness (QED) is 0.815. The van der Waals surface area contributed by atoms with Crippen molar-refractivity contribution in [2.75, 3.05) is 11.5 Å². The highest BCUT2D eigenvalue weighted by Gasteiger charge is 2.33. The maximum Gasteiger partial charge on any atom is 0.225 e. The molecule has 0 amide bonds. The summed E-state index contributed by atoms with van der Waals surface area (Å²) in [6.07, 6.45) is 4.27. The zero-order valence-corrected chi connectivity index (χ0v) is 10.5. The van der Waals surface area contributed by atoms with E-state index in [2.05, 4.69) is 14.8 Å². The summed E-state index contributed by atoms with van der Waals surface area (Å²) in [7, 11) is -0.628. The van der Waals surface area contributed by atoms with Gasteiger partial charge in [-0.3, -0.25) is 8.78 Å². The minimum atomic E-state index is -0.628. The summed E-state index contributed by atoms with van der Waals surface area (Å²) in [5, 5.41) is 8.65. The molecular weight excluding hydrogens is 246 g/mol. The van der Waals surface area contributed by atoms with Gasteiger partial charge >= 0.3 is 0 Å². The third kappa shape index (κ3) is 1.91. The van der Waals surface area contributed by atoms with E-state index >= 15 is 0 Å². The summed E-state index contributed by atoms with van der Waals surface area (Å²) < 4.78 is 13.4. The summed E-state index contributed by atoms with van der Waals surface area (Å²) in [6.45, 7) is 0. The molecule has 1 saturated carbocycles. The van der Waals surface area contributed by atoms with Crippen molar-refractivity contribution in [1.29, 1.82) is 0 Å². The molecule has 1 aliphatic carbocycles. The molecule has 1 aromatic heterocycles. The van der Waals surface area contributed by atoms with Gasteiger partial charge in [0.25, 0.3) is 0 Å². The van der Waals surface area contributed by atoms with Crippen molar-refractivity contribution < 1.29 is 4.21 Å². The molecule has 88 valence electrons. The highest BCUT2D eigenvalue weighted by Crippen LogP contribution is 2.41. The van der Waals surface area contributed by atoms with Crippen LogP contribution in [0.5, 0.6) is 0 Å². The van der Waals surface area contributed by atoms with Gasteiger partial charge in [-0.2, -0.15) is 0 Å². The van der Waals surface area contributed by atoms with E-state index in [4.69, 9.17) is 11.6 Å². The van der Waals surface area contributed by atoms with Gasteiger partial charge in [-0.25, -0.2) is 0 Å². The number of halogens is 1. The predicted molar refractivity (Wildman–Crippen MR) is 63.2 cm³/mol. The number of rotatable bonds is 2. The van der Waals surface area contributed by atoms with Crippen LogP contribution in [0.2, 0.25) is 5.28 Å². The van der Waals surface area contributed by atoms with Crippen molar-refractivity contribution in [2.24, 2.45) is 0 Å². The lowest BCUT2D eigenvalue weighted by Gasteiger charge is -2.24. The maximum atomic E-state index is 11.3. The van der Waals surface area contributed by atoms with Crippen LogP contribution in [0.3, 0.4) is 0 Å². The zero-order chi connectivity index (χ0) is 11.1. The van der Waals surface area contributed by atoms with Crippen molar-refractivity contribution in [3.8, 4) is 0 Å². The van der Waals surface area contributed by atoms with Gasteiger partial charge < -0.3 is 0 Å². The van der Waals surface area contributed by atoms with Crippen LogP contribution in [-0.2, 0) is 10.8 Å². The summed E-state index contributed by atoms with van der Waals surface area (Å²) in [4.78, 5) is 0. The molecule has 4 nitrogen and oxygen atoms in total. The Labute approximate surface area is 102 Å². The molecule has 1 saturated heterocycles. The monoisotopic (exact) mass is 259 g/mol. The van der Waals surface area contributed by atoms with Gasteiger partial charge in [-0.15, -0.1) is 10.2 Å². The number of hydrogen-bond acceptors (Lipinski definition) is 3. The van der Waals surface area contributed by atoms with Crippen molar-refractivity contribution in [1.82, 2.24) is 14.8 Å². The van der Waals surface area contributed by atoms with E-state index in [9.17, 15) is 4.21 Å². The molecule has 6 heteroatoms. The molecule has 0 radical (unpaired) electrons. The van der Waals surface area contributed by atoms with E-state index in [1.807, 2.05) is 0 Å². The Morgan fingerprint density at radius 2 is 1.88 bits per heavy atom. The number of hydrogen-bond donors (Lipinski definition) is 0. The molecule has 2 aliphatic rings. The second-order valence-electron chi connectivity index (χ2n) is 4.55. The molecule has 16 heavy (non-hydrogen) atoms. The van der Waals surface area contributed by atoms with Crippen molar-refractivity contribution in [2.45, 2.75) is 37.6 Å². The molecule has 0 aromatic carbocycles. The van der Waals surface area contributed by atoms with Crippen molar-refractivity contribution >= 4 is 22.4 Å². The smallest absolute Gasteiger partial charge is 0.225 e. The van der Waals surface area contributed by atoms with E-state index in [0.29, 0.717) is 17.2 Å². The molecule has 1 aliphatic heterocycles. The topological polar surface area (TPSA) is 47.8 Å². The van der Waals surface area contributed by atoms with Crippen LogP contribution in [0.4, 0.5) is 0 Å². The molecule has 3 rings (SSSR count). The van der Waals surface area contributed by atoms with E-state index in [1.165, 1.54) is 12.8 Å². The van der Waals surface area contributed by atoms with Gasteiger partial charge in [0.2, 0.25) is 5.28 Å². The fraction of sp³-hybridized carbons (Fsp3) is 0.800. The second kappa shape index (κ2) is 4.11. The number of nitrogens with zero attached hydrogens (tertiary/aromatic N) is 3. The first kappa shape index (κ1) is 10.7. The molecule has 0 atom stereocenters. The maximum absolute atomic E-state index is 11.3. The first-order valence-electron chi connectivity index (χ1n) is 5.71. The van der Waals surface area contributed by atoms with Crippen LogP contribution in [0, 0.1) is 0 Å². The highest BCUT2D eigenvalue weighted by molar-refractivity contribution is 7.85. The zero-order valence-electron chi connectivity index (χ0n) is 8.93. The third-order valence-electron chi connectivity index (χ3n) is 3.35. The van der Waals surface area contributed by atoms with Crippen LogP contribution >= 0.6 is 11.6 Å². The lowest BCUT2D eigenvalue weighted by Crippen LogP contribution is -2.23. The normalized spacial score (nSPS) is 30.6. The molecule has 0 spiro atoms. The SMILES string of the molecule is O=S1CCC(n2c(Cl)nnc2C2CC2)CC1. The fourth-order valence-electron chi connectivity index (χ4n) is 2.28. The fourth-order valence-corrected chi connectivity index (χ4v) is 3.82. The minimum absolute atomic E-state index is 0.357. The predicted octanol–water partition coefficient (Wildman–Crippen LogP) is 1.89. The van der Waals surface area contributed by atoms with Gasteiger partial charge in [0.1, 0.15) is 5.82 Å². The average Bonchev–Trinajstić information content (AvgIpc) is 3.05. The summed E-state index contributed by atoms with van der Waals surface area (Å²) in [6, 6.07) is 0.357. The van der Waals surface area contributed by atoms with Crippen molar-refractivity contribution in [3.05, 3.63) is 11.1 Å². The lowest BCUT2D eigenvalue weighted by molar-refractivity contribution is 0.447. The largest absolute Gasteiger partial charge is 0.298 e. The molecular formula is C10H14ClN3OS. The third-order valence-corrected chi connectivity index (χ3v) is 4.99. The Balaban J connectivity index is 1.87. The van der Waals surface area contributed by atoms with Crippen LogP contribution < -0.4 is 0 Å². The first-order chi connectivity index (χ1) is 7.75. The Kier molecular flexibility index (Phi) is 2.75. The van der Waals surface area contributed by atoms with E-state index < -0.39 is 10.8 Å². The molecule has 1 aromatic rings. The Morgan fingerprint density at radius 3 is 2.50 bits per heavy atom. The Hall–Kier alpha value is -0.420. The van der Waals surface area contributed by atoms with Gasteiger partial charge in [0, 0.05) is 34.3 Å². The van der Waals surface area contributed by atoms with Gasteiger partial charge in [-0.05, 0) is 37.3 Å². The van der Waals surface area contributed by atoms with E-state index in [0.717, 1.165) is 30.2 Å². The van der Waals surface area contributed by atoms with Crippen LogP contribution in [0.1, 0.15) is 43.5 Å². The van der Waals surface area contributed by atoms with E-state index in [1.54, 1.807) is 0 Å². The summed E-state index contributed by atoms with van der Waals surface area (Å²) in [5.74, 6) is 3.17. The molecule has 0 N–H and O–H groups in total. The molecule has 0 bridgehead atoms. The first-order valence-corrected chi connectivity index (χ1v) is 7.57. The summed E-state index contributed by atoms with van der Waals surface area (Å²) >= 11 is 6.10. The Bertz CT molecular complexity index is 420. The number of aromatic nitrogens is 3. The van der Waals surface area contributed by atoms with Crippen LogP contribution in [-0.4, -0.2) is 30.5 Å². The van der Waals surface area contributed by atoms with Gasteiger partial charge in [0.15, 0.2) is 0 Å².